The first-order valence-electron chi connectivity index (χ1n) is 8.18. The van der Waals surface area contributed by atoms with Crippen LogP contribution in [0.1, 0.15) is 11.1 Å². The summed E-state index contributed by atoms with van der Waals surface area (Å²) in [4.78, 5) is 26.3. The first kappa shape index (κ1) is 19.1. The SMILES string of the molecule is COc1ccccc1/C=C1\SC(=S)N([C@@H](Cc2ccccc2)C(=O)O)C1=O. The van der Waals surface area contributed by atoms with Crippen molar-refractivity contribution in [3.63, 3.8) is 0 Å². The second-order valence-electron chi connectivity index (χ2n) is 5.84. The van der Waals surface area contributed by atoms with E-state index in [1.807, 2.05) is 48.5 Å². The van der Waals surface area contributed by atoms with Crippen molar-refractivity contribution in [3.05, 3.63) is 70.6 Å². The predicted molar refractivity (Wildman–Crippen MR) is 110 cm³/mol. The van der Waals surface area contributed by atoms with E-state index in [0.29, 0.717) is 10.7 Å². The number of carboxylic acids is 1. The number of nitrogens with zero attached hydrogens (tertiary/aromatic N) is 1. The Labute approximate surface area is 166 Å². The van der Waals surface area contributed by atoms with Crippen molar-refractivity contribution in [2.75, 3.05) is 7.11 Å². The number of ether oxygens (including phenoxy) is 1. The number of methoxy groups -OCH3 is 1. The molecule has 7 heteroatoms. The van der Waals surface area contributed by atoms with Gasteiger partial charge in [0.2, 0.25) is 0 Å². The molecule has 0 spiro atoms. The van der Waals surface area contributed by atoms with Gasteiger partial charge < -0.3 is 9.84 Å². The lowest BCUT2D eigenvalue weighted by Gasteiger charge is -2.23. The van der Waals surface area contributed by atoms with Crippen molar-refractivity contribution in [3.8, 4) is 5.75 Å². The third-order valence-corrected chi connectivity index (χ3v) is 5.45. The molecule has 0 aliphatic carbocycles. The van der Waals surface area contributed by atoms with Crippen LogP contribution in [0.4, 0.5) is 0 Å². The molecule has 1 heterocycles. The first-order valence-corrected chi connectivity index (χ1v) is 9.40. The summed E-state index contributed by atoms with van der Waals surface area (Å²) in [6.07, 6.45) is 1.87. The molecule has 138 valence electrons. The molecule has 0 unspecified atom stereocenters. The number of benzene rings is 2. The van der Waals surface area contributed by atoms with Crippen molar-refractivity contribution < 1.29 is 19.4 Å². The molecule has 1 saturated heterocycles. The zero-order valence-electron chi connectivity index (χ0n) is 14.5. The molecule has 2 aromatic rings. The number of hydrogen-bond acceptors (Lipinski definition) is 5. The largest absolute Gasteiger partial charge is 0.496 e. The highest BCUT2D eigenvalue weighted by molar-refractivity contribution is 8.26. The fourth-order valence-electron chi connectivity index (χ4n) is 2.80. The summed E-state index contributed by atoms with van der Waals surface area (Å²) in [7, 11) is 1.55. The molecule has 3 rings (SSSR count). The van der Waals surface area contributed by atoms with Crippen molar-refractivity contribution >= 4 is 46.3 Å². The average Bonchev–Trinajstić information content (AvgIpc) is 2.94. The van der Waals surface area contributed by atoms with E-state index in [1.54, 1.807) is 19.3 Å². The number of rotatable bonds is 6. The number of thioether (sulfide) groups is 1. The summed E-state index contributed by atoms with van der Waals surface area (Å²) < 4.78 is 5.54. The summed E-state index contributed by atoms with van der Waals surface area (Å²) in [6, 6.07) is 15.4. The average molecular weight is 399 g/mol. The van der Waals surface area contributed by atoms with Crippen molar-refractivity contribution in [1.29, 1.82) is 0 Å². The van der Waals surface area contributed by atoms with Crippen LogP contribution < -0.4 is 4.74 Å². The van der Waals surface area contributed by atoms with E-state index in [-0.39, 0.29) is 10.7 Å². The molecule has 0 aromatic heterocycles. The highest BCUT2D eigenvalue weighted by Crippen LogP contribution is 2.36. The van der Waals surface area contributed by atoms with Crippen LogP contribution in [-0.4, -0.2) is 39.4 Å². The Morgan fingerprint density at radius 2 is 1.89 bits per heavy atom. The van der Waals surface area contributed by atoms with Gasteiger partial charge in [0.15, 0.2) is 0 Å². The number of aliphatic carboxylic acids is 1. The summed E-state index contributed by atoms with van der Waals surface area (Å²) in [6.45, 7) is 0. The maximum atomic E-state index is 12.9. The van der Waals surface area contributed by atoms with E-state index in [0.717, 1.165) is 22.9 Å². The minimum atomic E-state index is -1.09. The Hall–Kier alpha value is -2.64. The van der Waals surface area contributed by atoms with Crippen LogP contribution >= 0.6 is 24.0 Å². The van der Waals surface area contributed by atoms with Gasteiger partial charge in [-0.05, 0) is 17.7 Å². The lowest BCUT2D eigenvalue weighted by molar-refractivity contribution is -0.145. The molecule has 0 saturated carbocycles. The third-order valence-electron chi connectivity index (χ3n) is 4.12. The first-order chi connectivity index (χ1) is 13.0. The van der Waals surface area contributed by atoms with Crippen molar-refractivity contribution in [2.24, 2.45) is 0 Å². The molecule has 0 bridgehead atoms. The normalized spacial score (nSPS) is 16.6. The molecule has 0 radical (unpaired) electrons. The van der Waals surface area contributed by atoms with E-state index in [4.69, 9.17) is 17.0 Å². The Balaban J connectivity index is 1.90. The van der Waals surface area contributed by atoms with Crippen LogP contribution in [0.3, 0.4) is 0 Å². The maximum Gasteiger partial charge on any atom is 0.327 e. The Morgan fingerprint density at radius 3 is 2.56 bits per heavy atom. The molecule has 1 N–H and O–H groups in total. The number of carboxylic acid groups (broad SMARTS) is 1. The minimum Gasteiger partial charge on any atom is -0.496 e. The summed E-state index contributed by atoms with van der Waals surface area (Å²) in [5.74, 6) is -0.866. The third kappa shape index (κ3) is 4.20. The number of carbonyl (C=O) groups excluding carboxylic acids is 1. The van der Waals surface area contributed by atoms with E-state index in [9.17, 15) is 14.7 Å². The van der Waals surface area contributed by atoms with Gasteiger partial charge in [-0.3, -0.25) is 9.69 Å². The van der Waals surface area contributed by atoms with E-state index in [2.05, 4.69) is 0 Å². The molecule has 27 heavy (non-hydrogen) atoms. The molecule has 1 fully saturated rings. The Bertz CT molecular complexity index is 911. The summed E-state index contributed by atoms with van der Waals surface area (Å²) in [5.41, 5.74) is 1.56. The number of para-hydroxylation sites is 1. The quantitative estimate of drug-likeness (QED) is 0.591. The highest BCUT2D eigenvalue weighted by atomic mass is 32.2. The standard InChI is InChI=1S/C20H17NO4S2/c1-25-16-10-6-5-9-14(16)12-17-18(22)21(20(26)27-17)15(19(23)24)11-13-7-3-2-4-8-13/h2-10,12,15H,11H2,1H3,(H,23,24)/b17-12-/t15-/m0/s1. The monoisotopic (exact) mass is 399 g/mol. The van der Waals surface area contributed by atoms with Crippen LogP contribution in [-0.2, 0) is 16.0 Å². The molecular formula is C20H17NO4S2. The Morgan fingerprint density at radius 1 is 1.22 bits per heavy atom. The number of hydrogen-bond donors (Lipinski definition) is 1. The van der Waals surface area contributed by atoms with Gasteiger partial charge in [0.05, 0.1) is 12.0 Å². The topological polar surface area (TPSA) is 66.8 Å². The molecule has 5 nitrogen and oxygen atoms in total. The number of carbonyl (C=O) groups is 2. The Kier molecular flexibility index (Phi) is 5.93. The smallest absolute Gasteiger partial charge is 0.327 e. The molecule has 1 aliphatic heterocycles. The number of amides is 1. The van der Waals surface area contributed by atoms with Gasteiger partial charge in [-0.2, -0.15) is 0 Å². The molecule has 1 aliphatic rings. The second kappa shape index (κ2) is 8.37. The zero-order chi connectivity index (χ0) is 19.4. The highest BCUT2D eigenvalue weighted by Gasteiger charge is 2.40. The van der Waals surface area contributed by atoms with E-state index in [1.165, 1.54) is 4.90 Å². The van der Waals surface area contributed by atoms with Crippen molar-refractivity contribution in [1.82, 2.24) is 4.90 Å². The van der Waals surface area contributed by atoms with Crippen LogP contribution in [0.5, 0.6) is 5.75 Å². The van der Waals surface area contributed by atoms with Gasteiger partial charge in [-0.15, -0.1) is 0 Å². The van der Waals surface area contributed by atoms with Crippen LogP contribution in [0.15, 0.2) is 59.5 Å². The minimum absolute atomic E-state index is 0.185. The fourth-order valence-corrected chi connectivity index (χ4v) is 4.15. The van der Waals surface area contributed by atoms with Gasteiger partial charge >= 0.3 is 5.97 Å². The van der Waals surface area contributed by atoms with E-state index < -0.39 is 17.9 Å². The molecule has 1 atom stereocenters. The van der Waals surface area contributed by atoms with E-state index >= 15 is 0 Å². The van der Waals surface area contributed by atoms with Gasteiger partial charge in [0.25, 0.3) is 5.91 Å². The van der Waals surface area contributed by atoms with Gasteiger partial charge in [0, 0.05) is 12.0 Å². The van der Waals surface area contributed by atoms with Crippen LogP contribution in [0.25, 0.3) is 6.08 Å². The maximum absolute atomic E-state index is 12.9. The van der Waals surface area contributed by atoms with Gasteiger partial charge in [0.1, 0.15) is 16.1 Å². The second-order valence-corrected chi connectivity index (χ2v) is 7.51. The number of thiocarbonyl (C=S) groups is 1. The summed E-state index contributed by atoms with van der Waals surface area (Å²) >= 11 is 6.42. The van der Waals surface area contributed by atoms with Crippen LogP contribution in [0, 0.1) is 0 Å². The lowest BCUT2D eigenvalue weighted by Crippen LogP contribution is -2.45. The van der Waals surface area contributed by atoms with Crippen LogP contribution in [0.2, 0.25) is 0 Å². The summed E-state index contributed by atoms with van der Waals surface area (Å²) in [5, 5.41) is 9.69. The fraction of sp³-hybridized carbons (Fsp3) is 0.150. The molecular weight excluding hydrogens is 382 g/mol. The van der Waals surface area contributed by atoms with Gasteiger partial charge in [-0.1, -0.05) is 72.5 Å². The molecule has 2 aromatic carbocycles. The molecule has 1 amide bonds. The van der Waals surface area contributed by atoms with Crippen molar-refractivity contribution in [2.45, 2.75) is 12.5 Å². The van der Waals surface area contributed by atoms with Gasteiger partial charge in [-0.25, -0.2) is 4.79 Å². The lowest BCUT2D eigenvalue weighted by atomic mass is 10.0. The predicted octanol–water partition coefficient (Wildman–Crippen LogP) is 3.59. The zero-order valence-corrected chi connectivity index (χ0v) is 16.1.